The lowest BCUT2D eigenvalue weighted by Gasteiger charge is -2.02. The molecule has 0 aliphatic carbocycles. The number of nitrogens with one attached hydrogen (secondary N) is 1. The monoisotopic (exact) mass is 370 g/mol. The molecule has 6 nitrogen and oxygen atoms in total. The van der Waals surface area contributed by atoms with Crippen LogP contribution in [-0.4, -0.2) is 16.9 Å². The largest absolute Gasteiger partial charge is 0.494 e. The predicted octanol–water partition coefficient (Wildman–Crippen LogP) is 5.26. The zero-order valence-electron chi connectivity index (χ0n) is 15.2. The number of methoxy groups -OCH3 is 1. The number of hydrogen-bond donors (Lipinski definition) is 1. The van der Waals surface area contributed by atoms with Crippen LogP contribution in [-0.2, 0) is 0 Å². The molecule has 0 bridgehead atoms. The van der Waals surface area contributed by atoms with Gasteiger partial charge in [0.05, 0.1) is 18.5 Å². The number of azo groups is 1. The second kappa shape index (κ2) is 7.75. The van der Waals surface area contributed by atoms with Gasteiger partial charge in [-0.25, -0.2) is 4.68 Å². The summed E-state index contributed by atoms with van der Waals surface area (Å²) >= 11 is 0. The van der Waals surface area contributed by atoms with Crippen molar-refractivity contribution in [1.82, 2.24) is 9.78 Å². The van der Waals surface area contributed by atoms with E-state index in [2.05, 4.69) is 15.3 Å². The molecule has 0 aliphatic heterocycles. The molecular formula is C22H18N4O2. The summed E-state index contributed by atoms with van der Waals surface area (Å²) in [4.78, 5) is 13.1. The minimum Gasteiger partial charge on any atom is -0.494 e. The van der Waals surface area contributed by atoms with Crippen molar-refractivity contribution in [3.8, 4) is 22.7 Å². The topological polar surface area (TPSA) is 71.7 Å². The molecule has 28 heavy (non-hydrogen) atoms. The molecule has 0 fully saturated rings. The number of aromatic nitrogens is 2. The fourth-order valence-corrected chi connectivity index (χ4v) is 2.90. The Kier molecular flexibility index (Phi) is 4.84. The Morgan fingerprint density at radius 2 is 1.46 bits per heavy atom. The quantitative estimate of drug-likeness (QED) is 0.487. The maximum atomic E-state index is 13.1. The molecule has 0 saturated heterocycles. The number of ether oxygens (including phenoxy) is 1. The lowest BCUT2D eigenvalue weighted by Crippen LogP contribution is -2.13. The van der Waals surface area contributed by atoms with Crippen molar-refractivity contribution in [1.29, 1.82) is 0 Å². The third-order valence-electron chi connectivity index (χ3n) is 4.29. The Morgan fingerprint density at radius 3 is 2.18 bits per heavy atom. The van der Waals surface area contributed by atoms with E-state index in [-0.39, 0.29) is 11.2 Å². The highest BCUT2D eigenvalue weighted by Gasteiger charge is 2.17. The maximum absolute atomic E-state index is 13.1. The minimum absolute atomic E-state index is 0.237. The van der Waals surface area contributed by atoms with Gasteiger partial charge in [0, 0.05) is 5.56 Å². The van der Waals surface area contributed by atoms with Gasteiger partial charge in [-0.1, -0.05) is 60.7 Å². The van der Waals surface area contributed by atoms with Gasteiger partial charge in [0.2, 0.25) is 0 Å². The molecule has 1 N–H and O–H groups in total. The second-order valence-electron chi connectivity index (χ2n) is 6.05. The Labute approximate surface area is 161 Å². The Hall–Kier alpha value is -3.93. The van der Waals surface area contributed by atoms with Gasteiger partial charge >= 0.3 is 0 Å². The standard InChI is InChI=1S/C22H18N4O2/c1-28-19-15-9-8-14-18(19)23-24-21-20(16-10-4-2-5-11-16)25-26(22(21)27)17-12-6-3-7-13-17/h2-15,25H,1H3. The van der Waals surface area contributed by atoms with Crippen LogP contribution in [0, 0.1) is 0 Å². The van der Waals surface area contributed by atoms with Crippen LogP contribution in [0.25, 0.3) is 16.9 Å². The van der Waals surface area contributed by atoms with E-state index in [1.165, 1.54) is 4.68 Å². The van der Waals surface area contributed by atoms with Gasteiger partial charge in [-0.05, 0) is 24.3 Å². The Balaban J connectivity index is 1.87. The highest BCUT2D eigenvalue weighted by molar-refractivity contribution is 5.72. The first-order valence-electron chi connectivity index (χ1n) is 8.78. The van der Waals surface area contributed by atoms with E-state index in [1.807, 2.05) is 72.8 Å². The summed E-state index contributed by atoms with van der Waals surface area (Å²) in [7, 11) is 1.57. The molecule has 0 radical (unpaired) electrons. The molecule has 0 atom stereocenters. The number of aromatic amines is 1. The first kappa shape index (κ1) is 17.5. The third-order valence-corrected chi connectivity index (χ3v) is 4.29. The van der Waals surface area contributed by atoms with Crippen molar-refractivity contribution < 1.29 is 4.74 Å². The average molecular weight is 370 g/mol. The number of H-pyrrole nitrogens is 1. The summed E-state index contributed by atoms with van der Waals surface area (Å²) < 4.78 is 6.78. The van der Waals surface area contributed by atoms with Crippen LogP contribution in [0.15, 0.2) is 100.0 Å². The Morgan fingerprint density at radius 1 is 0.821 bits per heavy atom. The van der Waals surface area contributed by atoms with Crippen LogP contribution < -0.4 is 10.3 Å². The van der Waals surface area contributed by atoms with Gasteiger partial charge < -0.3 is 4.74 Å². The van der Waals surface area contributed by atoms with Crippen LogP contribution in [0.1, 0.15) is 0 Å². The van der Waals surface area contributed by atoms with E-state index in [4.69, 9.17) is 4.74 Å². The zero-order valence-corrected chi connectivity index (χ0v) is 15.2. The molecule has 0 unspecified atom stereocenters. The van der Waals surface area contributed by atoms with Crippen LogP contribution in [0.2, 0.25) is 0 Å². The molecule has 0 saturated carbocycles. The van der Waals surface area contributed by atoms with Gasteiger partial charge in [0.1, 0.15) is 11.4 Å². The van der Waals surface area contributed by atoms with Crippen molar-refractivity contribution in [2.24, 2.45) is 10.2 Å². The predicted molar refractivity (Wildman–Crippen MR) is 109 cm³/mol. The maximum Gasteiger partial charge on any atom is 0.299 e. The first-order valence-corrected chi connectivity index (χ1v) is 8.78. The first-order chi connectivity index (χ1) is 13.8. The van der Waals surface area contributed by atoms with E-state index < -0.39 is 0 Å². The summed E-state index contributed by atoms with van der Waals surface area (Å²) in [5, 5.41) is 11.7. The van der Waals surface area contributed by atoms with E-state index in [0.29, 0.717) is 17.1 Å². The van der Waals surface area contributed by atoms with Crippen molar-refractivity contribution in [2.45, 2.75) is 0 Å². The van der Waals surface area contributed by atoms with Gasteiger partial charge in [0.25, 0.3) is 5.56 Å². The average Bonchev–Trinajstić information content (AvgIpc) is 3.10. The van der Waals surface area contributed by atoms with Crippen LogP contribution in [0.5, 0.6) is 5.75 Å². The van der Waals surface area contributed by atoms with Crippen LogP contribution >= 0.6 is 0 Å². The SMILES string of the molecule is COc1ccccc1N=Nc1c(-c2ccccc2)[nH]n(-c2ccccc2)c1=O. The van der Waals surface area contributed by atoms with Crippen molar-refractivity contribution in [3.05, 3.63) is 95.3 Å². The molecule has 4 rings (SSSR count). The summed E-state index contributed by atoms with van der Waals surface area (Å²) in [6, 6.07) is 26.2. The molecule has 1 heterocycles. The lowest BCUT2D eigenvalue weighted by molar-refractivity contribution is 0.416. The zero-order chi connectivity index (χ0) is 19.3. The van der Waals surface area contributed by atoms with Crippen molar-refractivity contribution in [2.75, 3.05) is 7.11 Å². The van der Waals surface area contributed by atoms with Gasteiger partial charge in [-0.2, -0.15) is 0 Å². The van der Waals surface area contributed by atoms with E-state index in [0.717, 1.165) is 11.3 Å². The fourth-order valence-electron chi connectivity index (χ4n) is 2.90. The third kappa shape index (κ3) is 3.35. The van der Waals surface area contributed by atoms with Crippen LogP contribution in [0.4, 0.5) is 11.4 Å². The highest BCUT2D eigenvalue weighted by atomic mass is 16.5. The molecular weight excluding hydrogens is 352 g/mol. The Bertz CT molecular complexity index is 1160. The molecule has 3 aromatic carbocycles. The van der Waals surface area contributed by atoms with Crippen molar-refractivity contribution in [3.63, 3.8) is 0 Å². The van der Waals surface area contributed by atoms with Gasteiger partial charge in [-0.3, -0.25) is 9.89 Å². The molecule has 6 heteroatoms. The van der Waals surface area contributed by atoms with E-state index >= 15 is 0 Å². The molecule has 0 spiro atoms. The molecule has 138 valence electrons. The highest BCUT2D eigenvalue weighted by Crippen LogP contribution is 2.31. The smallest absolute Gasteiger partial charge is 0.299 e. The second-order valence-corrected chi connectivity index (χ2v) is 6.05. The van der Waals surface area contributed by atoms with Gasteiger partial charge in [-0.15, -0.1) is 10.2 Å². The molecule has 0 aliphatic rings. The number of benzene rings is 3. The molecule has 0 amide bonds. The fraction of sp³-hybridized carbons (Fsp3) is 0.0455. The summed E-state index contributed by atoms with van der Waals surface area (Å²) in [5.41, 5.74) is 2.69. The van der Waals surface area contributed by atoms with Crippen molar-refractivity contribution >= 4 is 11.4 Å². The molecule has 1 aromatic heterocycles. The number of hydrogen-bond acceptors (Lipinski definition) is 4. The minimum atomic E-state index is -0.274. The van der Waals surface area contributed by atoms with Gasteiger partial charge in [0.15, 0.2) is 5.69 Å². The number of rotatable bonds is 5. The lowest BCUT2D eigenvalue weighted by atomic mass is 10.1. The van der Waals surface area contributed by atoms with E-state index in [9.17, 15) is 4.79 Å². The normalized spacial score (nSPS) is 11.0. The summed E-state index contributed by atoms with van der Waals surface area (Å²) in [6.07, 6.45) is 0. The number of para-hydroxylation sites is 2. The summed E-state index contributed by atoms with van der Waals surface area (Å²) in [6.45, 7) is 0. The number of nitrogens with zero attached hydrogens (tertiary/aromatic N) is 3. The van der Waals surface area contributed by atoms with Crippen LogP contribution in [0.3, 0.4) is 0 Å². The molecule has 4 aromatic rings. The summed E-state index contributed by atoms with van der Waals surface area (Å²) in [5.74, 6) is 0.589. The van der Waals surface area contributed by atoms with E-state index in [1.54, 1.807) is 19.2 Å².